The Balaban J connectivity index is 1.88. The number of nitrogens with zero attached hydrogens (tertiary/aromatic N) is 2. The van der Waals surface area contributed by atoms with E-state index in [9.17, 15) is 0 Å². The number of aromatic nitrogens is 3. The van der Waals surface area contributed by atoms with Gasteiger partial charge in [-0.3, -0.25) is 0 Å². The first-order valence-electron chi connectivity index (χ1n) is 6.38. The van der Waals surface area contributed by atoms with E-state index < -0.39 is 0 Å². The highest BCUT2D eigenvalue weighted by molar-refractivity contribution is 5.73. The Labute approximate surface area is 110 Å². The molecule has 3 aromatic rings. The van der Waals surface area contributed by atoms with Crippen molar-refractivity contribution < 1.29 is 4.42 Å². The summed E-state index contributed by atoms with van der Waals surface area (Å²) in [6, 6.07) is 5.79. The molecule has 19 heavy (non-hydrogen) atoms. The monoisotopic (exact) mass is 256 g/mol. The summed E-state index contributed by atoms with van der Waals surface area (Å²) in [7, 11) is 0. The minimum Gasteiger partial charge on any atom is -0.439 e. The molecule has 0 bridgehead atoms. The first kappa shape index (κ1) is 11.9. The number of nitrogens with two attached hydrogens (primary N) is 1. The second kappa shape index (κ2) is 4.85. The van der Waals surface area contributed by atoms with Crippen LogP contribution in [0.15, 0.2) is 35.1 Å². The molecule has 0 saturated heterocycles. The van der Waals surface area contributed by atoms with Crippen molar-refractivity contribution in [3.05, 3.63) is 47.9 Å². The topological polar surface area (TPSA) is 80.7 Å². The molecule has 0 aliphatic rings. The molecule has 0 saturated carbocycles. The van der Waals surface area contributed by atoms with Crippen LogP contribution in [-0.4, -0.2) is 15.0 Å². The molecule has 3 N–H and O–H groups in total. The van der Waals surface area contributed by atoms with Crippen LogP contribution in [0.4, 0.5) is 0 Å². The van der Waals surface area contributed by atoms with E-state index in [2.05, 4.69) is 27.9 Å². The van der Waals surface area contributed by atoms with Crippen molar-refractivity contribution in [2.24, 2.45) is 5.73 Å². The Bertz CT molecular complexity index is 672. The molecule has 2 heterocycles. The molecule has 2 aromatic heterocycles. The fourth-order valence-electron chi connectivity index (χ4n) is 2.09. The van der Waals surface area contributed by atoms with Gasteiger partial charge < -0.3 is 15.1 Å². The van der Waals surface area contributed by atoms with Crippen LogP contribution in [0.2, 0.25) is 0 Å². The van der Waals surface area contributed by atoms with Crippen molar-refractivity contribution >= 4 is 11.1 Å². The van der Waals surface area contributed by atoms with Crippen LogP contribution in [0.1, 0.15) is 30.1 Å². The number of aromatic amines is 1. The van der Waals surface area contributed by atoms with Crippen LogP contribution < -0.4 is 5.73 Å². The number of aryl methyl sites for hydroxylation is 1. The zero-order valence-electron chi connectivity index (χ0n) is 10.8. The van der Waals surface area contributed by atoms with E-state index in [0.717, 1.165) is 23.2 Å². The zero-order valence-corrected chi connectivity index (χ0v) is 10.8. The summed E-state index contributed by atoms with van der Waals surface area (Å²) in [5.74, 6) is 0.567. The number of imidazole rings is 1. The van der Waals surface area contributed by atoms with Crippen LogP contribution >= 0.6 is 0 Å². The van der Waals surface area contributed by atoms with Gasteiger partial charge in [-0.15, -0.1) is 0 Å². The van der Waals surface area contributed by atoms with E-state index in [4.69, 9.17) is 10.2 Å². The van der Waals surface area contributed by atoms with E-state index in [1.807, 2.05) is 12.1 Å². The summed E-state index contributed by atoms with van der Waals surface area (Å²) in [6.45, 7) is 2.12. The third-order valence-electron chi connectivity index (χ3n) is 3.19. The maximum Gasteiger partial charge on any atom is 0.212 e. The second-order valence-corrected chi connectivity index (χ2v) is 4.60. The molecule has 0 aliphatic carbocycles. The molecular formula is C14H16N4O. The van der Waals surface area contributed by atoms with Gasteiger partial charge in [0.25, 0.3) is 0 Å². The summed E-state index contributed by atoms with van der Waals surface area (Å²) in [6.07, 6.45) is 5.02. The highest BCUT2D eigenvalue weighted by Gasteiger charge is 2.15. The summed E-state index contributed by atoms with van der Waals surface area (Å²) in [5, 5.41) is 0. The number of oxazole rings is 1. The number of fused-ring (bicyclic) bond motifs is 1. The number of H-pyrrole nitrogens is 1. The predicted molar refractivity (Wildman–Crippen MR) is 72.6 cm³/mol. The molecule has 98 valence electrons. The predicted octanol–water partition coefficient (Wildman–Crippen LogP) is 2.36. The van der Waals surface area contributed by atoms with E-state index in [0.29, 0.717) is 12.3 Å². The Kier molecular flexibility index (Phi) is 3.05. The number of benzene rings is 1. The highest BCUT2D eigenvalue weighted by atomic mass is 16.3. The van der Waals surface area contributed by atoms with E-state index in [1.54, 1.807) is 12.5 Å². The van der Waals surface area contributed by atoms with Gasteiger partial charge in [0.15, 0.2) is 5.58 Å². The van der Waals surface area contributed by atoms with Crippen LogP contribution in [0.5, 0.6) is 0 Å². The fraction of sp³-hybridized carbons (Fsp3) is 0.286. The third kappa shape index (κ3) is 2.37. The van der Waals surface area contributed by atoms with Crippen molar-refractivity contribution in [2.75, 3.05) is 0 Å². The van der Waals surface area contributed by atoms with Gasteiger partial charge in [-0.1, -0.05) is 13.0 Å². The van der Waals surface area contributed by atoms with E-state index in [1.165, 1.54) is 5.56 Å². The average molecular weight is 256 g/mol. The first-order valence-corrected chi connectivity index (χ1v) is 6.38. The lowest BCUT2D eigenvalue weighted by molar-refractivity contribution is 0.472. The van der Waals surface area contributed by atoms with Gasteiger partial charge in [0.2, 0.25) is 5.89 Å². The molecule has 0 amide bonds. The molecule has 5 nitrogen and oxygen atoms in total. The Morgan fingerprint density at radius 2 is 2.32 bits per heavy atom. The Morgan fingerprint density at radius 1 is 1.42 bits per heavy atom. The van der Waals surface area contributed by atoms with Crippen LogP contribution in [0.25, 0.3) is 11.1 Å². The molecular weight excluding hydrogens is 240 g/mol. The van der Waals surface area contributed by atoms with Gasteiger partial charge in [-0.2, -0.15) is 0 Å². The molecule has 1 unspecified atom stereocenters. The summed E-state index contributed by atoms with van der Waals surface area (Å²) >= 11 is 0. The molecule has 1 aromatic carbocycles. The largest absolute Gasteiger partial charge is 0.439 e. The fourth-order valence-corrected chi connectivity index (χ4v) is 2.09. The number of hydrogen-bond acceptors (Lipinski definition) is 4. The SMILES string of the molecule is CCc1ccc2oc(C(N)Cc3cnc[nH]3)nc2c1. The summed E-state index contributed by atoms with van der Waals surface area (Å²) < 4.78 is 5.71. The zero-order chi connectivity index (χ0) is 13.2. The highest BCUT2D eigenvalue weighted by Crippen LogP contribution is 2.22. The molecule has 0 spiro atoms. The molecule has 3 rings (SSSR count). The van der Waals surface area contributed by atoms with E-state index >= 15 is 0 Å². The molecule has 1 atom stereocenters. The molecule has 0 aliphatic heterocycles. The van der Waals surface area contributed by atoms with Crippen molar-refractivity contribution in [3.63, 3.8) is 0 Å². The van der Waals surface area contributed by atoms with Crippen molar-refractivity contribution in [3.8, 4) is 0 Å². The Morgan fingerprint density at radius 3 is 3.05 bits per heavy atom. The lowest BCUT2D eigenvalue weighted by Crippen LogP contribution is -2.13. The first-order chi connectivity index (χ1) is 9.26. The van der Waals surface area contributed by atoms with Gasteiger partial charge in [0.05, 0.1) is 12.4 Å². The lowest BCUT2D eigenvalue weighted by atomic mass is 10.1. The minimum absolute atomic E-state index is 0.266. The van der Waals surface area contributed by atoms with Gasteiger partial charge >= 0.3 is 0 Å². The maximum atomic E-state index is 6.12. The summed E-state index contributed by atoms with van der Waals surface area (Å²) in [4.78, 5) is 11.5. The number of nitrogens with one attached hydrogen (secondary N) is 1. The average Bonchev–Trinajstić information content (AvgIpc) is 3.05. The summed E-state index contributed by atoms with van der Waals surface area (Å²) in [5.41, 5.74) is 9.99. The molecule has 0 radical (unpaired) electrons. The maximum absolute atomic E-state index is 6.12. The van der Waals surface area contributed by atoms with Crippen molar-refractivity contribution in [2.45, 2.75) is 25.8 Å². The number of hydrogen-bond donors (Lipinski definition) is 2. The second-order valence-electron chi connectivity index (χ2n) is 4.60. The number of rotatable bonds is 4. The molecule has 5 heteroatoms. The minimum atomic E-state index is -0.266. The van der Waals surface area contributed by atoms with Crippen LogP contribution in [0, 0.1) is 0 Å². The van der Waals surface area contributed by atoms with Gasteiger partial charge in [-0.25, -0.2) is 9.97 Å². The van der Waals surface area contributed by atoms with Gasteiger partial charge in [-0.05, 0) is 24.1 Å². The van der Waals surface area contributed by atoms with Gasteiger partial charge in [0, 0.05) is 18.3 Å². The van der Waals surface area contributed by atoms with Crippen molar-refractivity contribution in [1.82, 2.24) is 15.0 Å². The van der Waals surface area contributed by atoms with Crippen LogP contribution in [-0.2, 0) is 12.8 Å². The standard InChI is InChI=1S/C14H16N4O/c1-2-9-3-4-13-12(5-9)18-14(19-13)11(15)6-10-7-16-8-17-10/h3-5,7-8,11H,2,6,15H2,1H3,(H,16,17). The smallest absolute Gasteiger partial charge is 0.212 e. The van der Waals surface area contributed by atoms with Gasteiger partial charge in [0.1, 0.15) is 5.52 Å². The van der Waals surface area contributed by atoms with E-state index in [-0.39, 0.29) is 6.04 Å². The molecule has 0 fully saturated rings. The quantitative estimate of drug-likeness (QED) is 0.750. The normalized spacial score (nSPS) is 12.9. The Hall–Kier alpha value is -2.14. The third-order valence-corrected chi connectivity index (χ3v) is 3.19. The van der Waals surface area contributed by atoms with Crippen molar-refractivity contribution in [1.29, 1.82) is 0 Å². The van der Waals surface area contributed by atoms with Crippen LogP contribution in [0.3, 0.4) is 0 Å². The lowest BCUT2D eigenvalue weighted by Gasteiger charge is -2.04.